The molecule has 0 fully saturated rings. The van der Waals surface area contributed by atoms with Crippen molar-refractivity contribution in [1.29, 1.82) is 0 Å². The Bertz CT molecular complexity index is 513. The molecule has 0 saturated heterocycles. The van der Waals surface area contributed by atoms with Crippen molar-refractivity contribution >= 4 is 0 Å². The molecule has 1 aromatic rings. The third-order valence-electron chi connectivity index (χ3n) is 6.35. The first kappa shape index (κ1) is 25.1. The summed E-state index contributed by atoms with van der Waals surface area (Å²) in [6.45, 7) is 12.9. The molecule has 174 valence electrons. The van der Waals surface area contributed by atoms with E-state index in [2.05, 4.69) is 32.7 Å². The summed E-state index contributed by atoms with van der Waals surface area (Å²) in [5.41, 5.74) is -0.280. The molecule has 0 spiro atoms. The molecule has 2 heterocycles. The van der Waals surface area contributed by atoms with Crippen molar-refractivity contribution in [2.45, 2.75) is 79.1 Å². The molecule has 5 nitrogen and oxygen atoms in total. The van der Waals surface area contributed by atoms with Crippen LogP contribution in [-0.2, 0) is 9.47 Å². The fraction of sp³-hybridized carbons (Fsp3) is 0.840. The van der Waals surface area contributed by atoms with Gasteiger partial charge in [-0.1, -0.05) is 66.2 Å². The summed E-state index contributed by atoms with van der Waals surface area (Å²) in [4.78, 5) is 3.05. The lowest BCUT2D eigenvalue weighted by Gasteiger charge is -2.32. The van der Waals surface area contributed by atoms with E-state index in [0.717, 1.165) is 37.6 Å². The molecule has 30 heavy (non-hydrogen) atoms. The molecule has 2 rings (SSSR count). The number of H-pyrrole nitrogens is 1. The van der Waals surface area contributed by atoms with Gasteiger partial charge in [-0.15, -0.1) is 0 Å². The highest BCUT2D eigenvalue weighted by atomic mass is 16.5. The number of nitrogens with one attached hydrogen (secondary N) is 1. The van der Waals surface area contributed by atoms with Crippen LogP contribution in [0.4, 0.5) is 0 Å². The monoisotopic (exact) mass is 423 g/mol. The van der Waals surface area contributed by atoms with Crippen molar-refractivity contribution < 1.29 is 18.9 Å². The zero-order valence-electron chi connectivity index (χ0n) is 19.8. The molecule has 1 aliphatic rings. The molecule has 0 aromatic carbocycles. The maximum absolute atomic E-state index is 6.26. The molecule has 1 aromatic heterocycles. The van der Waals surface area contributed by atoms with Crippen LogP contribution >= 0.6 is 0 Å². The molecule has 2 atom stereocenters. The van der Waals surface area contributed by atoms with Gasteiger partial charge in [0, 0.05) is 25.6 Å². The van der Waals surface area contributed by atoms with Gasteiger partial charge in [-0.05, 0) is 24.7 Å². The molecule has 0 bridgehead atoms. The van der Waals surface area contributed by atoms with E-state index in [1.165, 1.54) is 38.5 Å². The zero-order valence-corrected chi connectivity index (χ0v) is 19.8. The summed E-state index contributed by atoms with van der Waals surface area (Å²) in [5, 5.41) is 0. The average molecular weight is 424 g/mol. The molecule has 0 radical (unpaired) electrons. The van der Waals surface area contributed by atoms with Gasteiger partial charge in [0.15, 0.2) is 11.5 Å². The predicted molar refractivity (Wildman–Crippen MR) is 122 cm³/mol. The van der Waals surface area contributed by atoms with E-state index in [-0.39, 0.29) is 5.41 Å². The van der Waals surface area contributed by atoms with Crippen LogP contribution in [0.5, 0.6) is 11.5 Å². The van der Waals surface area contributed by atoms with Crippen LogP contribution in [0.1, 0.15) is 79.1 Å². The van der Waals surface area contributed by atoms with Crippen LogP contribution in [0.15, 0.2) is 12.4 Å². The highest BCUT2D eigenvalue weighted by Gasteiger charge is 2.37. The Morgan fingerprint density at radius 3 is 1.70 bits per heavy atom. The van der Waals surface area contributed by atoms with Crippen LogP contribution in [0.2, 0.25) is 0 Å². The number of hydrogen-bond donors (Lipinski definition) is 1. The Kier molecular flexibility index (Phi) is 11.7. The standard InChI is InChI=1S/C25H45NO4/c1-5-9-11-21(7-3)15-27-17-25(18-28-16-22(8-4)12-10-6-2)19-29-23-13-26-14-24(23)30-20-25/h13-14,21-22,26H,5-12,15-20H2,1-4H3. The number of ether oxygens (including phenoxy) is 4. The summed E-state index contributed by atoms with van der Waals surface area (Å²) in [6.07, 6.45) is 13.5. The Hall–Kier alpha value is -1.20. The smallest absolute Gasteiger partial charge is 0.178 e. The van der Waals surface area contributed by atoms with Crippen LogP contribution in [0, 0.1) is 17.3 Å². The number of fused-ring (bicyclic) bond motifs is 1. The fourth-order valence-corrected chi connectivity index (χ4v) is 3.95. The lowest BCUT2D eigenvalue weighted by atomic mass is 9.91. The topological polar surface area (TPSA) is 52.7 Å². The molecule has 1 N–H and O–H groups in total. The lowest BCUT2D eigenvalue weighted by Crippen LogP contribution is -2.43. The number of aromatic nitrogens is 1. The Balaban J connectivity index is 1.92. The van der Waals surface area contributed by atoms with Gasteiger partial charge >= 0.3 is 0 Å². The molecule has 0 amide bonds. The van der Waals surface area contributed by atoms with E-state index in [1.54, 1.807) is 0 Å². The quantitative estimate of drug-likeness (QED) is 0.342. The maximum Gasteiger partial charge on any atom is 0.178 e. The average Bonchev–Trinajstić information content (AvgIpc) is 3.16. The van der Waals surface area contributed by atoms with Crippen molar-refractivity contribution in [3.8, 4) is 11.5 Å². The van der Waals surface area contributed by atoms with Crippen LogP contribution < -0.4 is 9.47 Å². The second-order valence-electron chi connectivity index (χ2n) is 9.12. The number of aromatic amines is 1. The van der Waals surface area contributed by atoms with E-state index in [1.807, 2.05) is 12.4 Å². The minimum absolute atomic E-state index is 0.280. The van der Waals surface area contributed by atoms with Gasteiger partial charge in [0.1, 0.15) is 13.2 Å². The van der Waals surface area contributed by atoms with Gasteiger partial charge in [0.25, 0.3) is 0 Å². The van der Waals surface area contributed by atoms with Gasteiger partial charge in [0.05, 0.1) is 18.6 Å². The van der Waals surface area contributed by atoms with Crippen molar-refractivity contribution in [3.63, 3.8) is 0 Å². The molecule has 0 aliphatic carbocycles. The van der Waals surface area contributed by atoms with Crippen LogP contribution in [0.25, 0.3) is 0 Å². The van der Waals surface area contributed by atoms with Crippen LogP contribution in [-0.4, -0.2) is 44.6 Å². The number of rotatable bonds is 16. The second kappa shape index (κ2) is 14.0. The molecule has 0 saturated carbocycles. The predicted octanol–water partition coefficient (Wildman–Crippen LogP) is 6.24. The number of unbranched alkanes of at least 4 members (excludes halogenated alkanes) is 2. The van der Waals surface area contributed by atoms with Crippen molar-refractivity contribution in [3.05, 3.63) is 12.4 Å². The Morgan fingerprint density at radius 1 is 0.833 bits per heavy atom. The summed E-state index contributed by atoms with van der Waals surface area (Å²) in [5.74, 6) is 2.81. The normalized spacial score (nSPS) is 17.5. The lowest BCUT2D eigenvalue weighted by molar-refractivity contribution is -0.0716. The van der Waals surface area contributed by atoms with Gasteiger partial charge in [-0.25, -0.2) is 0 Å². The minimum Gasteiger partial charge on any atom is -0.487 e. The highest BCUT2D eigenvalue weighted by molar-refractivity contribution is 5.37. The Morgan fingerprint density at radius 2 is 1.30 bits per heavy atom. The van der Waals surface area contributed by atoms with Gasteiger partial charge < -0.3 is 23.9 Å². The maximum atomic E-state index is 6.26. The van der Waals surface area contributed by atoms with E-state index < -0.39 is 0 Å². The molecule has 5 heteroatoms. The van der Waals surface area contributed by atoms with Gasteiger partial charge in [-0.2, -0.15) is 0 Å². The van der Waals surface area contributed by atoms with Crippen LogP contribution in [0.3, 0.4) is 0 Å². The molecule has 1 aliphatic heterocycles. The summed E-state index contributed by atoms with van der Waals surface area (Å²) < 4.78 is 24.7. The first-order valence-corrected chi connectivity index (χ1v) is 12.2. The van der Waals surface area contributed by atoms with Crippen molar-refractivity contribution in [2.24, 2.45) is 17.3 Å². The third-order valence-corrected chi connectivity index (χ3v) is 6.35. The highest BCUT2D eigenvalue weighted by Crippen LogP contribution is 2.34. The first-order chi connectivity index (χ1) is 14.7. The SMILES string of the molecule is CCCCC(CC)COCC1(COCC(CC)CCCC)COc2c[nH]cc2OC1. The third kappa shape index (κ3) is 8.14. The zero-order chi connectivity index (χ0) is 21.7. The van der Waals surface area contributed by atoms with Gasteiger partial charge in [-0.3, -0.25) is 0 Å². The minimum atomic E-state index is -0.280. The fourth-order valence-electron chi connectivity index (χ4n) is 3.95. The molecule has 2 unspecified atom stereocenters. The molecular weight excluding hydrogens is 378 g/mol. The van der Waals surface area contributed by atoms with Crippen molar-refractivity contribution in [1.82, 2.24) is 4.98 Å². The number of hydrogen-bond acceptors (Lipinski definition) is 4. The summed E-state index contributed by atoms with van der Waals surface area (Å²) >= 11 is 0. The Labute approximate surface area is 184 Å². The largest absolute Gasteiger partial charge is 0.487 e. The van der Waals surface area contributed by atoms with E-state index in [0.29, 0.717) is 38.3 Å². The van der Waals surface area contributed by atoms with E-state index >= 15 is 0 Å². The summed E-state index contributed by atoms with van der Waals surface area (Å²) in [7, 11) is 0. The first-order valence-electron chi connectivity index (χ1n) is 12.2. The molecular formula is C25H45NO4. The summed E-state index contributed by atoms with van der Waals surface area (Å²) in [6, 6.07) is 0. The van der Waals surface area contributed by atoms with E-state index in [9.17, 15) is 0 Å². The van der Waals surface area contributed by atoms with Gasteiger partial charge in [0.2, 0.25) is 0 Å². The second-order valence-corrected chi connectivity index (χ2v) is 9.12. The van der Waals surface area contributed by atoms with E-state index in [4.69, 9.17) is 18.9 Å². The van der Waals surface area contributed by atoms with Crippen molar-refractivity contribution in [2.75, 3.05) is 39.6 Å².